The maximum atomic E-state index is 11.3. The Balaban J connectivity index is 1.67. The lowest BCUT2D eigenvalue weighted by Crippen LogP contribution is -2.32. The zero-order valence-corrected chi connectivity index (χ0v) is 12.7. The van der Waals surface area contributed by atoms with Crippen LogP contribution in [-0.4, -0.2) is 42.3 Å². The predicted octanol–water partition coefficient (Wildman–Crippen LogP) is 1.56. The van der Waals surface area contributed by atoms with Gasteiger partial charge < -0.3 is 16.0 Å². The molecular weight excluding hydrogens is 266 g/mol. The van der Waals surface area contributed by atoms with E-state index in [1.807, 2.05) is 0 Å². The zero-order chi connectivity index (χ0) is 14.9. The Morgan fingerprint density at radius 3 is 2.52 bits per heavy atom. The maximum Gasteiger partial charge on any atom is 0.271 e. The number of nitrogens with zero attached hydrogens (tertiary/aromatic N) is 2. The fraction of sp³-hybridized carbons (Fsp3) is 0.667. The van der Waals surface area contributed by atoms with Crippen LogP contribution in [0, 0.1) is 0 Å². The molecule has 0 aromatic carbocycles. The summed E-state index contributed by atoms with van der Waals surface area (Å²) < 4.78 is 0. The van der Waals surface area contributed by atoms with Gasteiger partial charge in [0.1, 0.15) is 5.82 Å². The van der Waals surface area contributed by atoms with Crippen molar-refractivity contribution in [3.05, 3.63) is 17.8 Å². The van der Waals surface area contributed by atoms with Crippen LogP contribution in [0.2, 0.25) is 0 Å². The molecule has 0 bridgehead atoms. The summed E-state index contributed by atoms with van der Waals surface area (Å²) in [6.07, 6.45) is 8.03. The van der Waals surface area contributed by atoms with Crippen molar-refractivity contribution in [2.24, 2.45) is 0 Å². The SMILES string of the molecule is CNC(=O)c1ccc(NCCNC2CCCCCC2)nn1. The van der Waals surface area contributed by atoms with Crippen LogP contribution in [0.4, 0.5) is 5.82 Å². The molecule has 1 aromatic heterocycles. The molecule has 0 radical (unpaired) electrons. The molecular formula is C15H25N5O. The first-order valence-corrected chi connectivity index (χ1v) is 7.82. The van der Waals surface area contributed by atoms with Crippen molar-refractivity contribution in [2.75, 3.05) is 25.5 Å². The van der Waals surface area contributed by atoms with E-state index in [0.717, 1.165) is 13.1 Å². The average Bonchev–Trinajstić information content (AvgIpc) is 2.80. The van der Waals surface area contributed by atoms with E-state index in [1.54, 1.807) is 19.2 Å². The second kappa shape index (κ2) is 8.56. The molecule has 1 aromatic rings. The summed E-state index contributed by atoms with van der Waals surface area (Å²) in [6.45, 7) is 1.73. The third kappa shape index (κ3) is 5.30. The molecule has 116 valence electrons. The molecule has 3 N–H and O–H groups in total. The number of anilines is 1. The molecule has 1 aliphatic carbocycles. The van der Waals surface area contributed by atoms with Gasteiger partial charge in [-0.3, -0.25) is 4.79 Å². The van der Waals surface area contributed by atoms with Crippen LogP contribution in [0.25, 0.3) is 0 Å². The number of hydrogen-bond donors (Lipinski definition) is 3. The highest BCUT2D eigenvalue weighted by atomic mass is 16.1. The van der Waals surface area contributed by atoms with E-state index in [1.165, 1.54) is 38.5 Å². The maximum absolute atomic E-state index is 11.3. The third-order valence-corrected chi connectivity index (χ3v) is 3.84. The van der Waals surface area contributed by atoms with E-state index in [4.69, 9.17) is 0 Å². The fourth-order valence-corrected chi connectivity index (χ4v) is 2.63. The summed E-state index contributed by atoms with van der Waals surface area (Å²) in [4.78, 5) is 11.3. The predicted molar refractivity (Wildman–Crippen MR) is 83.4 cm³/mol. The van der Waals surface area contributed by atoms with Crippen molar-refractivity contribution in [2.45, 2.75) is 44.6 Å². The number of nitrogens with one attached hydrogen (secondary N) is 3. The Hall–Kier alpha value is -1.69. The lowest BCUT2D eigenvalue weighted by atomic mass is 10.1. The molecule has 1 heterocycles. The number of carbonyl (C=O) groups is 1. The normalized spacial score (nSPS) is 16.2. The Morgan fingerprint density at radius 2 is 1.90 bits per heavy atom. The number of amides is 1. The third-order valence-electron chi connectivity index (χ3n) is 3.84. The molecule has 0 saturated heterocycles. The Morgan fingerprint density at radius 1 is 1.14 bits per heavy atom. The minimum atomic E-state index is -0.218. The highest BCUT2D eigenvalue weighted by molar-refractivity contribution is 5.91. The van der Waals surface area contributed by atoms with Gasteiger partial charge in [0.25, 0.3) is 5.91 Å². The van der Waals surface area contributed by atoms with Crippen LogP contribution < -0.4 is 16.0 Å². The summed E-state index contributed by atoms with van der Waals surface area (Å²) in [5.41, 5.74) is 0.333. The molecule has 1 amide bonds. The Bertz CT molecular complexity index is 426. The van der Waals surface area contributed by atoms with E-state index < -0.39 is 0 Å². The molecule has 0 spiro atoms. The summed E-state index contributed by atoms with van der Waals surface area (Å²) >= 11 is 0. The van der Waals surface area contributed by atoms with Crippen molar-refractivity contribution in [3.8, 4) is 0 Å². The molecule has 1 aliphatic rings. The molecule has 21 heavy (non-hydrogen) atoms. The second-order valence-corrected chi connectivity index (χ2v) is 5.45. The largest absolute Gasteiger partial charge is 0.367 e. The molecule has 0 aliphatic heterocycles. The first-order valence-electron chi connectivity index (χ1n) is 7.82. The van der Waals surface area contributed by atoms with Gasteiger partial charge >= 0.3 is 0 Å². The highest BCUT2D eigenvalue weighted by Crippen LogP contribution is 2.16. The van der Waals surface area contributed by atoms with Gasteiger partial charge in [0.15, 0.2) is 5.69 Å². The molecule has 2 rings (SSSR count). The summed E-state index contributed by atoms with van der Waals surface area (Å²) in [5, 5.41) is 17.2. The van der Waals surface area contributed by atoms with Gasteiger partial charge in [0.05, 0.1) is 0 Å². The number of hydrogen-bond acceptors (Lipinski definition) is 5. The quantitative estimate of drug-likeness (QED) is 0.547. The fourth-order valence-electron chi connectivity index (χ4n) is 2.63. The van der Waals surface area contributed by atoms with Crippen LogP contribution in [-0.2, 0) is 0 Å². The second-order valence-electron chi connectivity index (χ2n) is 5.45. The summed E-state index contributed by atoms with van der Waals surface area (Å²) in [5.74, 6) is 0.481. The number of aromatic nitrogens is 2. The van der Waals surface area contributed by atoms with Gasteiger partial charge in [-0.15, -0.1) is 10.2 Å². The average molecular weight is 291 g/mol. The first kappa shape index (κ1) is 15.7. The minimum absolute atomic E-state index is 0.218. The van der Waals surface area contributed by atoms with E-state index in [2.05, 4.69) is 26.1 Å². The molecule has 6 nitrogen and oxygen atoms in total. The van der Waals surface area contributed by atoms with Crippen molar-refractivity contribution in [1.82, 2.24) is 20.8 Å². The molecule has 0 unspecified atom stereocenters. The van der Waals surface area contributed by atoms with E-state index >= 15 is 0 Å². The van der Waals surface area contributed by atoms with E-state index in [9.17, 15) is 4.79 Å². The van der Waals surface area contributed by atoms with Gasteiger partial charge in [0, 0.05) is 26.2 Å². The summed E-state index contributed by atoms with van der Waals surface area (Å²) in [7, 11) is 1.58. The smallest absolute Gasteiger partial charge is 0.271 e. The van der Waals surface area contributed by atoms with Gasteiger partial charge in [-0.05, 0) is 25.0 Å². The van der Waals surface area contributed by atoms with Crippen molar-refractivity contribution < 1.29 is 4.79 Å². The van der Waals surface area contributed by atoms with Crippen LogP contribution in [0.15, 0.2) is 12.1 Å². The standard InChI is InChI=1S/C15H25N5O/c1-16-15(21)13-8-9-14(20-19-13)18-11-10-17-12-6-4-2-3-5-7-12/h8-9,12,17H,2-7,10-11H2,1H3,(H,16,21)(H,18,20). The van der Waals surface area contributed by atoms with Gasteiger partial charge in [-0.1, -0.05) is 25.7 Å². The van der Waals surface area contributed by atoms with Crippen molar-refractivity contribution in [3.63, 3.8) is 0 Å². The minimum Gasteiger partial charge on any atom is -0.367 e. The molecule has 1 fully saturated rings. The molecule has 0 atom stereocenters. The van der Waals surface area contributed by atoms with Crippen LogP contribution in [0.3, 0.4) is 0 Å². The van der Waals surface area contributed by atoms with Crippen molar-refractivity contribution >= 4 is 11.7 Å². The molecule has 1 saturated carbocycles. The monoisotopic (exact) mass is 291 g/mol. The zero-order valence-electron chi connectivity index (χ0n) is 12.7. The van der Waals surface area contributed by atoms with E-state index in [-0.39, 0.29) is 5.91 Å². The van der Waals surface area contributed by atoms with Gasteiger partial charge in [0.2, 0.25) is 0 Å². The van der Waals surface area contributed by atoms with Crippen molar-refractivity contribution in [1.29, 1.82) is 0 Å². The lowest BCUT2D eigenvalue weighted by Gasteiger charge is -2.16. The lowest BCUT2D eigenvalue weighted by molar-refractivity contribution is 0.0957. The van der Waals surface area contributed by atoms with Gasteiger partial charge in [-0.25, -0.2) is 0 Å². The summed E-state index contributed by atoms with van der Waals surface area (Å²) in [6, 6.07) is 4.12. The van der Waals surface area contributed by atoms with Crippen LogP contribution in [0.1, 0.15) is 49.0 Å². The van der Waals surface area contributed by atoms with E-state index in [0.29, 0.717) is 17.6 Å². The highest BCUT2D eigenvalue weighted by Gasteiger charge is 2.10. The molecule has 6 heteroatoms. The first-order chi connectivity index (χ1) is 10.3. The van der Waals surface area contributed by atoms with Crippen LogP contribution in [0.5, 0.6) is 0 Å². The van der Waals surface area contributed by atoms with Crippen LogP contribution >= 0.6 is 0 Å². The topological polar surface area (TPSA) is 78.9 Å². The number of carbonyl (C=O) groups excluding carboxylic acids is 1. The Kier molecular flexibility index (Phi) is 6.40. The Labute approximate surface area is 126 Å². The van der Waals surface area contributed by atoms with Gasteiger partial charge in [-0.2, -0.15) is 0 Å². The number of rotatable bonds is 6.